The van der Waals surface area contributed by atoms with Crippen LogP contribution in [-0.2, 0) is 4.74 Å². The molecule has 1 fully saturated rings. The second-order valence-corrected chi connectivity index (χ2v) is 5.88. The molecule has 5 nitrogen and oxygen atoms in total. The van der Waals surface area contributed by atoms with Crippen LogP contribution in [0.4, 0.5) is 0 Å². The van der Waals surface area contributed by atoms with Crippen LogP contribution in [0.5, 0.6) is 5.75 Å². The summed E-state index contributed by atoms with van der Waals surface area (Å²) in [6.45, 7) is 3.35. The summed E-state index contributed by atoms with van der Waals surface area (Å²) in [5.41, 5.74) is 0.522. The highest BCUT2D eigenvalue weighted by atomic mass is 35.5. The maximum absolute atomic E-state index is 12.7. The van der Waals surface area contributed by atoms with Crippen molar-refractivity contribution in [3.05, 3.63) is 28.8 Å². The lowest BCUT2D eigenvalue weighted by atomic mass is 10.1. The quantitative estimate of drug-likeness (QED) is 0.757. The molecule has 1 aromatic rings. The molecule has 23 heavy (non-hydrogen) atoms. The first-order valence-electron chi connectivity index (χ1n) is 7.51. The van der Waals surface area contributed by atoms with Crippen LogP contribution in [0.15, 0.2) is 18.2 Å². The molecule has 0 radical (unpaired) electrons. The number of halogens is 2. The molecule has 130 valence electrons. The third-order valence-electron chi connectivity index (χ3n) is 3.78. The highest BCUT2D eigenvalue weighted by Gasteiger charge is 2.28. The number of carbonyl (C=O) groups excluding carboxylic acids is 1. The van der Waals surface area contributed by atoms with Crippen molar-refractivity contribution in [2.75, 3.05) is 47.0 Å². The summed E-state index contributed by atoms with van der Waals surface area (Å²) in [5.74, 6) is 1.04. The number of ether oxygens (including phenoxy) is 2. The van der Waals surface area contributed by atoms with Crippen LogP contribution >= 0.6 is 24.0 Å². The van der Waals surface area contributed by atoms with Gasteiger partial charge in [0.05, 0.1) is 12.2 Å². The predicted molar refractivity (Wildman–Crippen MR) is 94.0 cm³/mol. The van der Waals surface area contributed by atoms with Gasteiger partial charge in [0.15, 0.2) is 0 Å². The maximum Gasteiger partial charge on any atom is 0.257 e. The van der Waals surface area contributed by atoms with Crippen LogP contribution in [0.2, 0.25) is 5.02 Å². The summed E-state index contributed by atoms with van der Waals surface area (Å²) in [7, 11) is 3.55. The Kier molecular flexibility index (Phi) is 8.69. The Hall–Kier alpha value is -1.01. The first kappa shape index (κ1) is 20.0. The van der Waals surface area contributed by atoms with Gasteiger partial charge < -0.3 is 19.7 Å². The molecule has 0 spiro atoms. The second kappa shape index (κ2) is 9.98. The third-order valence-corrected chi connectivity index (χ3v) is 4.02. The number of carbonyl (C=O) groups is 1. The first-order valence-corrected chi connectivity index (χ1v) is 7.88. The zero-order valence-electron chi connectivity index (χ0n) is 13.5. The molecule has 2 rings (SSSR count). The van der Waals surface area contributed by atoms with E-state index in [-0.39, 0.29) is 18.3 Å². The lowest BCUT2D eigenvalue weighted by Crippen LogP contribution is -2.30. The zero-order valence-corrected chi connectivity index (χ0v) is 15.1. The van der Waals surface area contributed by atoms with E-state index in [0.29, 0.717) is 35.5 Å². The summed E-state index contributed by atoms with van der Waals surface area (Å²) in [6.07, 6.45) is 1.02. The van der Waals surface area contributed by atoms with Crippen molar-refractivity contribution in [3.8, 4) is 5.75 Å². The molecule has 0 saturated carbocycles. The molecule has 1 saturated heterocycles. The van der Waals surface area contributed by atoms with Crippen molar-refractivity contribution < 1.29 is 14.3 Å². The fourth-order valence-electron chi connectivity index (χ4n) is 2.67. The number of nitrogens with zero attached hydrogens (tertiary/aromatic N) is 1. The van der Waals surface area contributed by atoms with E-state index in [4.69, 9.17) is 21.1 Å². The first-order chi connectivity index (χ1) is 10.7. The Morgan fingerprint density at radius 3 is 2.91 bits per heavy atom. The Balaban J connectivity index is 0.00000264. The lowest BCUT2D eigenvalue weighted by Gasteiger charge is -2.19. The van der Waals surface area contributed by atoms with Crippen LogP contribution in [0.25, 0.3) is 0 Å². The molecule has 1 atom stereocenters. The van der Waals surface area contributed by atoms with Crippen molar-refractivity contribution in [3.63, 3.8) is 0 Å². The molecule has 0 bridgehead atoms. The average Bonchev–Trinajstić information content (AvgIpc) is 2.97. The SMILES string of the molecule is CNCC1CCN(C(=O)c2cc(Cl)ccc2OCCOC)C1.Cl. The Bertz CT molecular complexity index is 514. The number of rotatable bonds is 7. The van der Waals surface area contributed by atoms with E-state index in [1.165, 1.54) is 0 Å². The smallest absolute Gasteiger partial charge is 0.257 e. The number of hydrogen-bond acceptors (Lipinski definition) is 4. The minimum Gasteiger partial charge on any atom is -0.490 e. The van der Waals surface area contributed by atoms with Crippen molar-refractivity contribution in [2.24, 2.45) is 5.92 Å². The van der Waals surface area contributed by atoms with Gasteiger partial charge >= 0.3 is 0 Å². The molecule has 1 heterocycles. The summed E-state index contributed by atoms with van der Waals surface area (Å²) >= 11 is 6.05. The van der Waals surface area contributed by atoms with Crippen LogP contribution in [-0.4, -0.2) is 57.8 Å². The van der Waals surface area contributed by atoms with Gasteiger partial charge in [-0.2, -0.15) is 0 Å². The van der Waals surface area contributed by atoms with Gasteiger partial charge in [0.2, 0.25) is 0 Å². The topological polar surface area (TPSA) is 50.8 Å². The summed E-state index contributed by atoms with van der Waals surface area (Å²) in [6, 6.07) is 5.15. The lowest BCUT2D eigenvalue weighted by molar-refractivity contribution is 0.0780. The summed E-state index contributed by atoms with van der Waals surface area (Å²) in [4.78, 5) is 14.6. The van der Waals surface area contributed by atoms with Gasteiger partial charge in [-0.3, -0.25) is 4.79 Å². The molecule has 1 aromatic carbocycles. The number of benzene rings is 1. The van der Waals surface area contributed by atoms with Crippen molar-refractivity contribution in [1.82, 2.24) is 10.2 Å². The highest BCUT2D eigenvalue weighted by molar-refractivity contribution is 6.31. The van der Waals surface area contributed by atoms with Crippen molar-refractivity contribution >= 4 is 29.9 Å². The van der Waals surface area contributed by atoms with E-state index in [1.54, 1.807) is 25.3 Å². The number of hydrogen-bond donors (Lipinski definition) is 1. The van der Waals surface area contributed by atoms with Gasteiger partial charge in [-0.05, 0) is 44.1 Å². The normalized spacial score (nSPS) is 17.0. The maximum atomic E-state index is 12.7. The van der Waals surface area contributed by atoms with Gasteiger partial charge in [-0.15, -0.1) is 12.4 Å². The molecule has 1 aliphatic rings. The summed E-state index contributed by atoms with van der Waals surface area (Å²) in [5, 5.41) is 3.70. The number of likely N-dealkylation sites (tertiary alicyclic amines) is 1. The van der Waals surface area contributed by atoms with Crippen molar-refractivity contribution in [1.29, 1.82) is 0 Å². The third kappa shape index (κ3) is 5.53. The molecule has 7 heteroatoms. The minimum atomic E-state index is -0.0199. The van der Waals surface area contributed by atoms with E-state index in [1.807, 2.05) is 11.9 Å². The highest BCUT2D eigenvalue weighted by Crippen LogP contribution is 2.27. The standard InChI is InChI=1S/C16H23ClN2O3.ClH/c1-18-10-12-5-6-19(11-12)16(20)14-9-13(17)3-4-15(14)22-8-7-21-2;/h3-4,9,12,18H,5-8,10-11H2,1-2H3;1H. The molecular formula is C16H24Cl2N2O3. The average molecular weight is 363 g/mol. The molecular weight excluding hydrogens is 339 g/mol. The van der Waals surface area contributed by atoms with E-state index in [9.17, 15) is 4.79 Å². The van der Waals surface area contributed by atoms with E-state index in [2.05, 4.69) is 5.32 Å². The fourth-order valence-corrected chi connectivity index (χ4v) is 2.85. The fraction of sp³-hybridized carbons (Fsp3) is 0.562. The Labute approximate surface area is 148 Å². The Morgan fingerprint density at radius 2 is 2.22 bits per heavy atom. The Morgan fingerprint density at radius 1 is 1.43 bits per heavy atom. The molecule has 0 aromatic heterocycles. The van der Waals surface area contributed by atoms with Gasteiger partial charge in [-0.1, -0.05) is 11.6 Å². The van der Waals surface area contributed by atoms with E-state index >= 15 is 0 Å². The molecule has 1 N–H and O–H groups in total. The molecule has 1 aliphatic heterocycles. The molecule has 0 aliphatic carbocycles. The van der Waals surface area contributed by atoms with Gasteiger partial charge in [0.25, 0.3) is 5.91 Å². The number of methoxy groups -OCH3 is 1. The monoisotopic (exact) mass is 362 g/mol. The van der Waals surface area contributed by atoms with Crippen molar-refractivity contribution in [2.45, 2.75) is 6.42 Å². The summed E-state index contributed by atoms with van der Waals surface area (Å²) < 4.78 is 10.6. The number of nitrogens with one attached hydrogen (secondary N) is 1. The molecule has 1 unspecified atom stereocenters. The van der Waals surface area contributed by atoms with E-state index < -0.39 is 0 Å². The second-order valence-electron chi connectivity index (χ2n) is 5.45. The largest absolute Gasteiger partial charge is 0.490 e. The van der Waals surface area contributed by atoms with Gasteiger partial charge in [0, 0.05) is 25.2 Å². The number of amides is 1. The zero-order chi connectivity index (χ0) is 15.9. The van der Waals surface area contributed by atoms with Gasteiger partial charge in [0.1, 0.15) is 12.4 Å². The van der Waals surface area contributed by atoms with Crippen LogP contribution in [0.1, 0.15) is 16.8 Å². The predicted octanol–water partition coefficient (Wildman–Crippen LogP) is 2.47. The molecule has 1 amide bonds. The van der Waals surface area contributed by atoms with Crippen LogP contribution < -0.4 is 10.1 Å². The van der Waals surface area contributed by atoms with E-state index in [0.717, 1.165) is 26.1 Å². The van der Waals surface area contributed by atoms with Crippen LogP contribution in [0, 0.1) is 5.92 Å². The van der Waals surface area contributed by atoms with Crippen LogP contribution in [0.3, 0.4) is 0 Å². The van der Waals surface area contributed by atoms with Gasteiger partial charge in [-0.25, -0.2) is 0 Å². The minimum absolute atomic E-state index is 0.